The minimum atomic E-state index is -1.60. The predicted molar refractivity (Wildman–Crippen MR) is 63.6 cm³/mol. The van der Waals surface area contributed by atoms with Crippen LogP contribution >= 0.6 is 0 Å². The zero-order chi connectivity index (χ0) is 13.7. The van der Waals surface area contributed by atoms with Crippen LogP contribution in [-0.2, 0) is 30.0 Å². The molecule has 9 nitrogen and oxygen atoms in total. The minimum Gasteiger partial charge on any atom is -0.480 e. The molecule has 1 aliphatic heterocycles. The fraction of sp³-hybridized carbons (Fsp3) is 0.500. The van der Waals surface area contributed by atoms with E-state index in [4.69, 9.17) is 10.8 Å². The van der Waals surface area contributed by atoms with Crippen molar-refractivity contribution in [3.63, 3.8) is 0 Å². The zero-order valence-electron chi connectivity index (χ0n) is 9.69. The molecule has 0 saturated carbocycles. The molecule has 0 spiro atoms. The fourth-order valence-electron chi connectivity index (χ4n) is 1.09. The summed E-state index contributed by atoms with van der Waals surface area (Å²) in [5.74, 6) is -4.19. The minimum absolute atomic E-state index is 0.0117. The molecule has 3 N–H and O–H groups in total. The summed E-state index contributed by atoms with van der Waals surface area (Å²) in [4.78, 5) is 30.7. The monoisotopic (exact) mass is 276 g/mol. The van der Waals surface area contributed by atoms with Gasteiger partial charge < -0.3 is 15.6 Å². The van der Waals surface area contributed by atoms with Gasteiger partial charge in [-0.25, -0.2) is 9.83 Å². The summed E-state index contributed by atoms with van der Waals surface area (Å²) >= 11 is 0. The van der Waals surface area contributed by atoms with Gasteiger partial charge in [0.1, 0.15) is 10.9 Å². The molecule has 0 fully saturated rings. The SMILES string of the molecule is CCOC(=O)C(C(=O)O)C1=NS(=NOC)C(N)=N1. The Bertz CT molecular complexity index is 458. The van der Waals surface area contributed by atoms with Crippen LogP contribution in [0.2, 0.25) is 0 Å². The summed E-state index contributed by atoms with van der Waals surface area (Å²) in [6.45, 7) is 1.62. The molecule has 2 unspecified atom stereocenters. The van der Waals surface area contributed by atoms with Gasteiger partial charge in [-0.15, -0.1) is 0 Å². The number of hydrogen-bond acceptors (Lipinski definition) is 7. The van der Waals surface area contributed by atoms with Gasteiger partial charge in [-0.2, -0.15) is 4.40 Å². The van der Waals surface area contributed by atoms with Crippen LogP contribution in [-0.4, -0.2) is 41.8 Å². The fourth-order valence-corrected chi connectivity index (χ4v) is 1.94. The van der Waals surface area contributed by atoms with Crippen molar-refractivity contribution in [1.82, 2.24) is 0 Å². The van der Waals surface area contributed by atoms with E-state index in [1.165, 1.54) is 7.11 Å². The maximum absolute atomic E-state index is 11.5. The van der Waals surface area contributed by atoms with Gasteiger partial charge in [0.05, 0.1) is 13.7 Å². The number of nitrogens with zero attached hydrogens (tertiary/aromatic N) is 3. The molecule has 100 valence electrons. The standard InChI is InChI=1S/C8H12N4O5S/c1-3-17-7(15)4(6(13)14)5-10-8(9)18(11-5)12-16-2/h4H,3H2,1-2H3,(H,13,14)(H2,9,10,11). The Hall–Kier alpha value is -1.81. The highest BCUT2D eigenvalue weighted by Crippen LogP contribution is 2.13. The molecule has 1 rings (SSSR count). The van der Waals surface area contributed by atoms with E-state index in [9.17, 15) is 9.59 Å². The van der Waals surface area contributed by atoms with E-state index in [0.29, 0.717) is 0 Å². The van der Waals surface area contributed by atoms with Crippen molar-refractivity contribution in [3.8, 4) is 0 Å². The van der Waals surface area contributed by atoms with Gasteiger partial charge >= 0.3 is 11.9 Å². The number of amidine groups is 2. The van der Waals surface area contributed by atoms with Crippen LogP contribution in [0.15, 0.2) is 13.9 Å². The Balaban J connectivity index is 3.03. The van der Waals surface area contributed by atoms with E-state index >= 15 is 0 Å². The number of ether oxygens (including phenoxy) is 1. The average Bonchev–Trinajstić information content (AvgIpc) is 2.60. The van der Waals surface area contributed by atoms with Gasteiger partial charge in [-0.05, 0) is 6.92 Å². The molecule has 18 heavy (non-hydrogen) atoms. The highest BCUT2D eigenvalue weighted by atomic mass is 32.2. The predicted octanol–water partition coefficient (Wildman–Crippen LogP) is -0.745. The number of esters is 1. The molecule has 10 heteroatoms. The summed E-state index contributed by atoms with van der Waals surface area (Å²) < 4.78 is 12.0. The number of nitrogens with two attached hydrogens (primary N) is 1. The molecule has 0 aliphatic carbocycles. The zero-order valence-corrected chi connectivity index (χ0v) is 10.5. The van der Waals surface area contributed by atoms with Crippen molar-refractivity contribution in [2.45, 2.75) is 6.92 Å². The molecule has 0 amide bonds. The van der Waals surface area contributed by atoms with E-state index < -0.39 is 28.7 Å². The van der Waals surface area contributed by atoms with Gasteiger partial charge in [0, 0.05) is 0 Å². The highest BCUT2D eigenvalue weighted by molar-refractivity contribution is 8.01. The molecule has 2 atom stereocenters. The van der Waals surface area contributed by atoms with Crippen LogP contribution in [0.3, 0.4) is 0 Å². The quantitative estimate of drug-likeness (QED) is 0.385. The lowest BCUT2D eigenvalue weighted by atomic mass is 10.1. The Morgan fingerprint density at radius 3 is 2.78 bits per heavy atom. The van der Waals surface area contributed by atoms with E-state index in [-0.39, 0.29) is 17.6 Å². The van der Waals surface area contributed by atoms with E-state index in [2.05, 4.69) is 23.5 Å². The van der Waals surface area contributed by atoms with Crippen molar-refractivity contribution >= 4 is 33.8 Å². The van der Waals surface area contributed by atoms with Gasteiger partial charge in [0.25, 0.3) is 0 Å². The van der Waals surface area contributed by atoms with Gasteiger partial charge in [-0.1, -0.05) is 4.53 Å². The second-order valence-electron chi connectivity index (χ2n) is 2.94. The molecule has 0 bridgehead atoms. The van der Waals surface area contributed by atoms with Crippen LogP contribution in [0.5, 0.6) is 0 Å². The number of hydrogen-bond donors (Lipinski definition) is 2. The number of aliphatic carboxylic acids is 1. The smallest absolute Gasteiger partial charge is 0.328 e. The third kappa shape index (κ3) is 3.11. The number of carbonyl (C=O) groups excluding carboxylic acids is 1. The Morgan fingerprint density at radius 1 is 1.61 bits per heavy atom. The molecule has 0 aromatic heterocycles. The van der Waals surface area contributed by atoms with Gasteiger partial charge in [0.15, 0.2) is 11.0 Å². The summed E-state index contributed by atoms with van der Waals surface area (Å²) in [5.41, 5.74) is 5.50. The van der Waals surface area contributed by atoms with E-state index in [0.717, 1.165) is 0 Å². The van der Waals surface area contributed by atoms with Crippen LogP contribution < -0.4 is 5.73 Å². The number of aliphatic imine (C=N–C) groups is 1. The van der Waals surface area contributed by atoms with Crippen LogP contribution in [0.25, 0.3) is 0 Å². The number of carbonyl (C=O) groups is 2. The van der Waals surface area contributed by atoms with E-state index in [1.54, 1.807) is 6.92 Å². The number of rotatable bonds is 5. The first-order valence-electron chi connectivity index (χ1n) is 4.82. The molecular weight excluding hydrogens is 264 g/mol. The summed E-state index contributed by atoms with van der Waals surface area (Å²) in [6, 6.07) is 0. The topological polar surface area (TPSA) is 136 Å². The van der Waals surface area contributed by atoms with Crippen molar-refractivity contribution in [2.75, 3.05) is 13.7 Å². The highest BCUT2D eigenvalue weighted by Gasteiger charge is 2.36. The molecule has 0 saturated heterocycles. The number of carboxylic acids is 1. The Kier molecular flexibility index (Phi) is 4.92. The van der Waals surface area contributed by atoms with Crippen molar-refractivity contribution in [3.05, 3.63) is 0 Å². The second kappa shape index (κ2) is 6.21. The first kappa shape index (κ1) is 14.3. The lowest BCUT2D eigenvalue weighted by Gasteiger charge is -2.08. The lowest BCUT2D eigenvalue weighted by molar-refractivity contribution is -0.154. The Morgan fingerprint density at radius 2 is 2.28 bits per heavy atom. The third-order valence-corrected chi connectivity index (χ3v) is 2.88. The molecule has 1 heterocycles. The number of carboxylic acid groups (broad SMARTS) is 1. The maximum atomic E-state index is 11.5. The second-order valence-corrected chi connectivity index (χ2v) is 4.22. The van der Waals surface area contributed by atoms with Gasteiger partial charge in [-0.3, -0.25) is 9.59 Å². The first-order chi connectivity index (χ1) is 8.51. The van der Waals surface area contributed by atoms with Crippen molar-refractivity contribution in [2.24, 2.45) is 25.6 Å². The Labute approximate surface area is 105 Å². The van der Waals surface area contributed by atoms with Crippen LogP contribution in [0, 0.1) is 5.92 Å². The van der Waals surface area contributed by atoms with Crippen LogP contribution in [0.1, 0.15) is 6.92 Å². The van der Waals surface area contributed by atoms with Gasteiger partial charge in [0.2, 0.25) is 5.92 Å². The first-order valence-corrected chi connectivity index (χ1v) is 5.96. The molecule has 0 aromatic rings. The normalized spacial score (nSPS) is 20.2. The average molecular weight is 276 g/mol. The van der Waals surface area contributed by atoms with Crippen LogP contribution in [0.4, 0.5) is 0 Å². The summed E-state index contributed by atoms with van der Waals surface area (Å²) in [5, 5.41) is 8.97. The summed E-state index contributed by atoms with van der Waals surface area (Å²) in [7, 11) is 0.0871. The van der Waals surface area contributed by atoms with Crippen molar-refractivity contribution in [1.29, 1.82) is 0 Å². The molecule has 0 radical (unpaired) electrons. The maximum Gasteiger partial charge on any atom is 0.328 e. The van der Waals surface area contributed by atoms with E-state index in [1.807, 2.05) is 0 Å². The summed E-state index contributed by atoms with van der Waals surface area (Å²) in [6.07, 6.45) is 0. The lowest BCUT2D eigenvalue weighted by Crippen LogP contribution is -2.32. The molecule has 1 aliphatic rings. The van der Waals surface area contributed by atoms with Crippen molar-refractivity contribution < 1.29 is 24.3 Å². The third-order valence-electron chi connectivity index (χ3n) is 1.76. The molecule has 0 aromatic carbocycles. The molecular formula is C8H12N4O5S. The largest absolute Gasteiger partial charge is 0.480 e.